The van der Waals surface area contributed by atoms with Gasteiger partial charge < -0.3 is 0 Å². The van der Waals surface area contributed by atoms with Gasteiger partial charge in [0.25, 0.3) is 5.91 Å². The van der Waals surface area contributed by atoms with Gasteiger partial charge in [-0.3, -0.25) is 9.63 Å². The van der Waals surface area contributed by atoms with Crippen molar-refractivity contribution in [2.45, 2.75) is 18.9 Å². The maximum Gasteiger partial charge on any atom is 0.264 e. The molecule has 1 aliphatic heterocycles. The van der Waals surface area contributed by atoms with Gasteiger partial charge in [-0.25, -0.2) is 18.6 Å². The number of hydrogen-bond donors (Lipinski definition) is 2. The first-order valence-corrected chi connectivity index (χ1v) is 6.71. The maximum atomic E-state index is 11.4. The molecule has 0 saturated carbocycles. The third-order valence-corrected chi connectivity index (χ3v) is 3.59. The van der Waals surface area contributed by atoms with Gasteiger partial charge in [-0.1, -0.05) is 0 Å². The molecule has 1 atom stereocenters. The molecular weight excluding hydrogens is 244 g/mol. The Morgan fingerprint density at radius 2 is 2.27 bits per heavy atom. The molecule has 1 heterocycles. The summed E-state index contributed by atoms with van der Waals surface area (Å²) in [6.45, 7) is 0.0214. The van der Waals surface area contributed by atoms with E-state index < -0.39 is 22.0 Å². The van der Waals surface area contributed by atoms with E-state index in [-0.39, 0.29) is 12.4 Å². The Labute approximate surface area is 93.3 Å². The molecule has 8 heteroatoms. The smallest absolute Gasteiger partial charge is 0.264 e. The van der Waals surface area contributed by atoms with Gasteiger partial charge in [-0.2, -0.15) is 0 Å². The average Bonchev–Trinajstić information content (AvgIpc) is 2.51. The highest BCUT2D eigenvalue weighted by atomic mass is 35.5. The zero-order valence-corrected chi connectivity index (χ0v) is 9.60. The molecule has 0 unspecified atom stereocenters. The van der Waals surface area contributed by atoms with E-state index in [0.717, 1.165) is 0 Å². The summed E-state index contributed by atoms with van der Waals surface area (Å²) in [5, 5.41) is 0. The number of carbonyl (C=O) groups excluding carboxylic acids is 1. The first-order chi connectivity index (χ1) is 7.05. The zero-order valence-electron chi connectivity index (χ0n) is 8.03. The number of halogens is 1. The molecule has 1 fully saturated rings. The molecular formula is C7H13ClN2O4S. The molecule has 0 spiro atoms. The van der Waals surface area contributed by atoms with Crippen LogP contribution in [-0.2, 0) is 19.7 Å². The number of hydrogen-bond acceptors (Lipinski definition) is 4. The van der Waals surface area contributed by atoms with E-state index in [1.54, 1.807) is 0 Å². The Balaban J connectivity index is 2.38. The van der Waals surface area contributed by atoms with Crippen LogP contribution in [0, 0.1) is 0 Å². The molecule has 1 saturated heterocycles. The fourth-order valence-corrected chi connectivity index (χ4v) is 2.59. The molecule has 0 aromatic rings. The lowest BCUT2D eigenvalue weighted by Gasteiger charge is -2.08. The number of alkyl halides is 1. The second kappa shape index (κ2) is 5.64. The van der Waals surface area contributed by atoms with Gasteiger partial charge in [0.05, 0.1) is 5.75 Å². The summed E-state index contributed by atoms with van der Waals surface area (Å²) in [5.41, 5.74) is 2.07. The Bertz CT molecular complexity index is 319. The van der Waals surface area contributed by atoms with Crippen LogP contribution >= 0.6 is 11.6 Å². The molecule has 1 amide bonds. The number of nitrogens with one attached hydrogen (secondary N) is 2. The summed E-state index contributed by atoms with van der Waals surface area (Å²) < 4.78 is 25.1. The first kappa shape index (κ1) is 12.7. The predicted molar refractivity (Wildman–Crippen MR) is 54.8 cm³/mol. The largest absolute Gasteiger partial charge is 0.271 e. The van der Waals surface area contributed by atoms with Crippen molar-refractivity contribution in [3.05, 3.63) is 0 Å². The minimum Gasteiger partial charge on any atom is -0.271 e. The molecule has 0 aliphatic carbocycles. The number of amides is 1. The monoisotopic (exact) mass is 256 g/mol. The van der Waals surface area contributed by atoms with Crippen LogP contribution in [0.1, 0.15) is 12.8 Å². The van der Waals surface area contributed by atoms with Gasteiger partial charge in [-0.05, 0) is 12.8 Å². The molecule has 88 valence electrons. The number of rotatable bonds is 6. The lowest BCUT2D eigenvalue weighted by Crippen LogP contribution is -2.42. The Morgan fingerprint density at radius 3 is 2.80 bits per heavy atom. The third-order valence-electron chi connectivity index (χ3n) is 1.86. The SMILES string of the molecule is O=C1NOC[C@H]1NS(=O)(=O)CCCCCl. The van der Waals surface area contributed by atoms with Gasteiger partial charge in [-0.15, -0.1) is 11.6 Å². The Hall–Kier alpha value is -0.370. The summed E-state index contributed by atoms with van der Waals surface area (Å²) in [6, 6.07) is -0.814. The van der Waals surface area contributed by atoms with Crippen molar-refractivity contribution in [1.29, 1.82) is 0 Å². The van der Waals surface area contributed by atoms with Crippen molar-refractivity contribution in [2.75, 3.05) is 18.2 Å². The zero-order chi connectivity index (χ0) is 11.3. The highest BCUT2D eigenvalue weighted by Crippen LogP contribution is 2.01. The summed E-state index contributed by atoms with van der Waals surface area (Å²) in [4.78, 5) is 15.6. The number of unbranched alkanes of at least 4 members (excludes halogenated alkanes) is 1. The minimum absolute atomic E-state index is 0.0214. The summed E-state index contributed by atoms with van der Waals surface area (Å²) >= 11 is 5.42. The lowest BCUT2D eigenvalue weighted by atomic mass is 10.3. The van der Waals surface area contributed by atoms with E-state index in [1.165, 1.54) is 0 Å². The quantitative estimate of drug-likeness (QED) is 0.489. The molecule has 0 aromatic carbocycles. The molecule has 15 heavy (non-hydrogen) atoms. The van der Waals surface area contributed by atoms with Crippen molar-refractivity contribution < 1.29 is 18.0 Å². The fourth-order valence-electron chi connectivity index (χ4n) is 1.09. The topological polar surface area (TPSA) is 84.5 Å². The van der Waals surface area contributed by atoms with Crippen LogP contribution in [0.25, 0.3) is 0 Å². The summed E-state index contributed by atoms with van der Waals surface area (Å²) in [5.74, 6) is -0.0533. The summed E-state index contributed by atoms with van der Waals surface area (Å²) in [7, 11) is -3.42. The Morgan fingerprint density at radius 1 is 1.53 bits per heavy atom. The van der Waals surface area contributed by atoms with Crippen molar-refractivity contribution in [3.8, 4) is 0 Å². The highest BCUT2D eigenvalue weighted by Gasteiger charge is 2.29. The van der Waals surface area contributed by atoms with Gasteiger partial charge in [0, 0.05) is 5.88 Å². The fraction of sp³-hybridized carbons (Fsp3) is 0.857. The molecule has 0 aromatic heterocycles. The van der Waals surface area contributed by atoms with E-state index >= 15 is 0 Å². The maximum absolute atomic E-state index is 11.4. The van der Waals surface area contributed by atoms with Crippen molar-refractivity contribution in [1.82, 2.24) is 10.2 Å². The van der Waals surface area contributed by atoms with Gasteiger partial charge in [0.1, 0.15) is 12.6 Å². The van der Waals surface area contributed by atoms with Crippen LogP contribution in [0.3, 0.4) is 0 Å². The Kier molecular flexibility index (Phi) is 4.78. The molecule has 1 rings (SSSR count). The van der Waals surface area contributed by atoms with E-state index in [4.69, 9.17) is 11.6 Å². The normalized spacial score (nSPS) is 21.7. The van der Waals surface area contributed by atoms with Crippen LogP contribution in [0.15, 0.2) is 0 Å². The number of sulfonamides is 1. The van der Waals surface area contributed by atoms with Crippen molar-refractivity contribution in [3.63, 3.8) is 0 Å². The predicted octanol–water partition coefficient (Wildman–Crippen LogP) is -0.645. The molecule has 1 aliphatic rings. The highest BCUT2D eigenvalue weighted by molar-refractivity contribution is 7.89. The molecule has 6 nitrogen and oxygen atoms in total. The first-order valence-electron chi connectivity index (χ1n) is 4.53. The minimum atomic E-state index is -3.42. The van der Waals surface area contributed by atoms with Crippen LogP contribution in [-0.4, -0.2) is 38.6 Å². The van der Waals surface area contributed by atoms with Crippen LogP contribution in [0.5, 0.6) is 0 Å². The summed E-state index contributed by atoms with van der Waals surface area (Å²) in [6.07, 6.45) is 1.11. The van der Waals surface area contributed by atoms with Gasteiger partial charge >= 0.3 is 0 Å². The van der Waals surface area contributed by atoms with Gasteiger partial charge in [0.15, 0.2) is 0 Å². The van der Waals surface area contributed by atoms with E-state index in [1.807, 2.05) is 0 Å². The standard InChI is InChI=1S/C7H13ClN2O4S/c8-3-1-2-4-15(12,13)10-6-5-14-9-7(6)11/h6,10H,1-5H2,(H,9,11)/t6-/m1/s1. The average molecular weight is 257 g/mol. The van der Waals surface area contributed by atoms with E-state index in [9.17, 15) is 13.2 Å². The van der Waals surface area contributed by atoms with Crippen LogP contribution in [0.2, 0.25) is 0 Å². The second-order valence-electron chi connectivity index (χ2n) is 3.16. The molecule has 0 bridgehead atoms. The lowest BCUT2D eigenvalue weighted by molar-refractivity contribution is -0.124. The van der Waals surface area contributed by atoms with E-state index in [2.05, 4.69) is 15.0 Å². The number of hydroxylamine groups is 1. The van der Waals surface area contributed by atoms with E-state index in [0.29, 0.717) is 18.7 Å². The number of carbonyl (C=O) groups is 1. The molecule has 0 radical (unpaired) electrons. The second-order valence-corrected chi connectivity index (χ2v) is 5.41. The van der Waals surface area contributed by atoms with Crippen molar-refractivity contribution >= 4 is 27.5 Å². The van der Waals surface area contributed by atoms with Gasteiger partial charge in [0.2, 0.25) is 10.0 Å². The van der Waals surface area contributed by atoms with Crippen LogP contribution in [0.4, 0.5) is 0 Å². The van der Waals surface area contributed by atoms with Crippen molar-refractivity contribution in [2.24, 2.45) is 0 Å². The third kappa shape index (κ3) is 4.33. The van der Waals surface area contributed by atoms with Crippen LogP contribution < -0.4 is 10.2 Å². The molecule has 2 N–H and O–H groups in total.